The van der Waals surface area contributed by atoms with Crippen molar-refractivity contribution >= 4 is 28.3 Å². The summed E-state index contributed by atoms with van der Waals surface area (Å²) in [7, 11) is 1.91. The van der Waals surface area contributed by atoms with E-state index in [1.807, 2.05) is 44.4 Å². The summed E-state index contributed by atoms with van der Waals surface area (Å²) < 4.78 is 1.80. The summed E-state index contributed by atoms with van der Waals surface area (Å²) in [5, 5.41) is 9.57. The van der Waals surface area contributed by atoms with Crippen LogP contribution in [-0.2, 0) is 13.6 Å². The minimum atomic E-state index is 0.740. The standard InChI is InChI=1S/C15H15ClN4/c1-10-14-7-13(9-18-15(14)20(2)19-10)17-8-11-3-5-12(16)6-4-11/h3-7,9,17H,8H2,1-2H3. The van der Waals surface area contributed by atoms with Gasteiger partial charge >= 0.3 is 0 Å². The summed E-state index contributed by atoms with van der Waals surface area (Å²) in [4.78, 5) is 4.44. The van der Waals surface area contributed by atoms with Crippen LogP contribution in [0.4, 0.5) is 5.69 Å². The zero-order valence-electron chi connectivity index (χ0n) is 11.4. The highest BCUT2D eigenvalue weighted by Gasteiger charge is 2.06. The van der Waals surface area contributed by atoms with E-state index in [4.69, 9.17) is 11.6 Å². The molecule has 1 aromatic carbocycles. The van der Waals surface area contributed by atoms with Crippen LogP contribution in [0.5, 0.6) is 0 Å². The SMILES string of the molecule is Cc1nn(C)c2ncc(NCc3ccc(Cl)cc3)cc12. The Bertz CT molecular complexity index is 746. The molecule has 1 N–H and O–H groups in total. The molecule has 0 atom stereocenters. The lowest BCUT2D eigenvalue weighted by Crippen LogP contribution is -2.00. The molecular weight excluding hydrogens is 272 g/mol. The molecule has 0 aliphatic carbocycles. The number of hydrogen-bond acceptors (Lipinski definition) is 3. The Morgan fingerprint density at radius 2 is 2.00 bits per heavy atom. The van der Waals surface area contributed by atoms with E-state index in [1.54, 1.807) is 4.68 Å². The predicted octanol–water partition coefficient (Wildman–Crippen LogP) is 3.54. The monoisotopic (exact) mass is 286 g/mol. The van der Waals surface area contributed by atoms with Gasteiger partial charge in [0.1, 0.15) is 0 Å². The van der Waals surface area contributed by atoms with E-state index < -0.39 is 0 Å². The number of fused-ring (bicyclic) bond motifs is 1. The summed E-state index contributed by atoms with van der Waals surface area (Å²) >= 11 is 5.87. The molecule has 20 heavy (non-hydrogen) atoms. The summed E-state index contributed by atoms with van der Waals surface area (Å²) in [5.74, 6) is 0. The molecule has 2 aromatic heterocycles. The van der Waals surface area contributed by atoms with E-state index in [1.165, 1.54) is 5.56 Å². The molecule has 0 saturated carbocycles. The molecule has 0 fully saturated rings. The second kappa shape index (κ2) is 5.13. The van der Waals surface area contributed by atoms with Crippen molar-refractivity contribution in [3.63, 3.8) is 0 Å². The first kappa shape index (κ1) is 12.9. The fraction of sp³-hybridized carbons (Fsp3) is 0.200. The summed E-state index contributed by atoms with van der Waals surface area (Å²) in [6.07, 6.45) is 1.83. The molecule has 0 spiro atoms. The summed E-state index contributed by atoms with van der Waals surface area (Å²) in [6.45, 7) is 2.73. The molecule has 0 saturated heterocycles. The summed E-state index contributed by atoms with van der Waals surface area (Å²) in [6, 6.07) is 9.89. The number of hydrogen-bond donors (Lipinski definition) is 1. The molecule has 3 rings (SSSR count). The second-order valence-electron chi connectivity index (χ2n) is 4.78. The maximum Gasteiger partial charge on any atom is 0.157 e. The first-order chi connectivity index (χ1) is 9.63. The average molecular weight is 287 g/mol. The van der Waals surface area contributed by atoms with Gasteiger partial charge in [-0.25, -0.2) is 4.98 Å². The zero-order chi connectivity index (χ0) is 14.1. The molecule has 3 aromatic rings. The molecule has 102 valence electrons. The Labute approximate surface area is 122 Å². The molecule has 0 aliphatic rings. The van der Waals surface area contributed by atoms with Crippen LogP contribution in [0.25, 0.3) is 11.0 Å². The van der Waals surface area contributed by atoms with Crippen LogP contribution in [0.2, 0.25) is 5.02 Å². The van der Waals surface area contributed by atoms with Crippen molar-refractivity contribution in [2.45, 2.75) is 13.5 Å². The van der Waals surface area contributed by atoms with Crippen molar-refractivity contribution in [3.8, 4) is 0 Å². The number of rotatable bonds is 3. The smallest absolute Gasteiger partial charge is 0.157 e. The molecule has 0 unspecified atom stereocenters. The number of aryl methyl sites for hydroxylation is 2. The Kier molecular flexibility index (Phi) is 3.32. The number of anilines is 1. The van der Waals surface area contributed by atoms with Gasteiger partial charge in [-0.2, -0.15) is 5.10 Å². The number of nitrogens with one attached hydrogen (secondary N) is 1. The van der Waals surface area contributed by atoms with Gasteiger partial charge in [0.05, 0.1) is 17.6 Å². The van der Waals surface area contributed by atoms with Crippen molar-refractivity contribution in [3.05, 3.63) is 52.8 Å². The number of pyridine rings is 1. The van der Waals surface area contributed by atoms with Gasteiger partial charge in [0.2, 0.25) is 0 Å². The van der Waals surface area contributed by atoms with Crippen LogP contribution < -0.4 is 5.32 Å². The van der Waals surface area contributed by atoms with Crippen molar-refractivity contribution in [2.75, 3.05) is 5.32 Å². The van der Waals surface area contributed by atoms with Crippen LogP contribution in [0.15, 0.2) is 36.5 Å². The van der Waals surface area contributed by atoms with E-state index >= 15 is 0 Å². The van der Waals surface area contributed by atoms with E-state index in [9.17, 15) is 0 Å². The molecule has 2 heterocycles. The number of aromatic nitrogens is 3. The Morgan fingerprint density at radius 1 is 1.25 bits per heavy atom. The third-order valence-electron chi connectivity index (χ3n) is 3.27. The predicted molar refractivity (Wildman–Crippen MR) is 82.0 cm³/mol. The normalized spacial score (nSPS) is 10.9. The van der Waals surface area contributed by atoms with E-state index in [0.717, 1.165) is 34.0 Å². The van der Waals surface area contributed by atoms with Gasteiger partial charge in [0.25, 0.3) is 0 Å². The van der Waals surface area contributed by atoms with E-state index in [2.05, 4.69) is 21.5 Å². The lowest BCUT2D eigenvalue weighted by Gasteiger charge is -2.06. The average Bonchev–Trinajstić information content (AvgIpc) is 2.73. The second-order valence-corrected chi connectivity index (χ2v) is 5.22. The molecule has 0 radical (unpaired) electrons. The number of halogens is 1. The third-order valence-corrected chi connectivity index (χ3v) is 3.52. The van der Waals surface area contributed by atoms with Crippen LogP contribution in [0.3, 0.4) is 0 Å². The molecule has 5 heteroatoms. The van der Waals surface area contributed by atoms with Crippen molar-refractivity contribution in [1.29, 1.82) is 0 Å². The fourth-order valence-corrected chi connectivity index (χ4v) is 2.34. The number of nitrogens with zero attached hydrogens (tertiary/aromatic N) is 3. The van der Waals surface area contributed by atoms with E-state index in [-0.39, 0.29) is 0 Å². The summed E-state index contributed by atoms with van der Waals surface area (Å²) in [5.41, 5.74) is 4.06. The Balaban J connectivity index is 1.80. The Hall–Kier alpha value is -2.07. The zero-order valence-corrected chi connectivity index (χ0v) is 12.1. The van der Waals surface area contributed by atoms with Gasteiger partial charge in [-0.3, -0.25) is 4.68 Å². The number of benzene rings is 1. The maximum absolute atomic E-state index is 5.87. The quantitative estimate of drug-likeness (QED) is 0.801. The van der Waals surface area contributed by atoms with Crippen LogP contribution in [0.1, 0.15) is 11.3 Å². The van der Waals surface area contributed by atoms with Crippen LogP contribution in [-0.4, -0.2) is 14.8 Å². The molecule has 0 bridgehead atoms. The van der Waals surface area contributed by atoms with Crippen LogP contribution in [0, 0.1) is 6.92 Å². The molecule has 0 amide bonds. The van der Waals surface area contributed by atoms with Gasteiger partial charge < -0.3 is 5.32 Å². The molecule has 4 nitrogen and oxygen atoms in total. The van der Waals surface area contributed by atoms with Crippen molar-refractivity contribution < 1.29 is 0 Å². The Morgan fingerprint density at radius 3 is 2.75 bits per heavy atom. The molecular formula is C15H15ClN4. The van der Waals surface area contributed by atoms with Crippen LogP contribution >= 0.6 is 11.6 Å². The van der Waals surface area contributed by atoms with E-state index in [0.29, 0.717) is 0 Å². The van der Waals surface area contributed by atoms with Gasteiger partial charge in [-0.05, 0) is 30.7 Å². The fourth-order valence-electron chi connectivity index (χ4n) is 2.21. The van der Waals surface area contributed by atoms with Gasteiger partial charge in [-0.15, -0.1) is 0 Å². The van der Waals surface area contributed by atoms with Gasteiger partial charge in [0, 0.05) is 24.0 Å². The minimum Gasteiger partial charge on any atom is -0.380 e. The minimum absolute atomic E-state index is 0.740. The molecule has 0 aliphatic heterocycles. The van der Waals surface area contributed by atoms with Crippen molar-refractivity contribution in [2.24, 2.45) is 7.05 Å². The first-order valence-electron chi connectivity index (χ1n) is 6.41. The van der Waals surface area contributed by atoms with Crippen molar-refractivity contribution in [1.82, 2.24) is 14.8 Å². The highest BCUT2D eigenvalue weighted by molar-refractivity contribution is 6.30. The highest BCUT2D eigenvalue weighted by Crippen LogP contribution is 2.20. The lowest BCUT2D eigenvalue weighted by atomic mass is 10.2. The lowest BCUT2D eigenvalue weighted by molar-refractivity contribution is 0.774. The highest BCUT2D eigenvalue weighted by atomic mass is 35.5. The van der Waals surface area contributed by atoms with Gasteiger partial charge in [0.15, 0.2) is 5.65 Å². The topological polar surface area (TPSA) is 42.7 Å². The largest absolute Gasteiger partial charge is 0.380 e. The third kappa shape index (κ3) is 2.47. The first-order valence-corrected chi connectivity index (χ1v) is 6.79. The van der Waals surface area contributed by atoms with Gasteiger partial charge in [-0.1, -0.05) is 23.7 Å². The maximum atomic E-state index is 5.87.